The Morgan fingerprint density at radius 3 is 2.53 bits per heavy atom. The van der Waals surface area contributed by atoms with Crippen LogP contribution in [0.15, 0.2) is 34.7 Å². The number of sulfone groups is 1. The molecule has 2 aromatic heterocycles. The normalized spacial score (nSPS) is 26.4. The highest BCUT2D eigenvalue weighted by Crippen LogP contribution is 2.53. The highest BCUT2D eigenvalue weighted by atomic mass is 32.2. The van der Waals surface area contributed by atoms with E-state index in [1.54, 1.807) is 6.07 Å². The van der Waals surface area contributed by atoms with Crippen molar-refractivity contribution in [3.63, 3.8) is 0 Å². The van der Waals surface area contributed by atoms with Crippen LogP contribution < -0.4 is 9.80 Å². The average molecular weight is 538 g/mol. The highest BCUT2D eigenvalue weighted by Gasteiger charge is 2.57. The van der Waals surface area contributed by atoms with Crippen LogP contribution in [0.4, 0.5) is 24.9 Å². The van der Waals surface area contributed by atoms with Crippen molar-refractivity contribution in [3.8, 4) is 0 Å². The number of aromatic nitrogens is 3. The van der Waals surface area contributed by atoms with Crippen LogP contribution in [0.1, 0.15) is 31.9 Å². The Hall–Kier alpha value is -2.47. The number of anilines is 2. The number of hydrogen-bond acceptors (Lipinski definition) is 8. The van der Waals surface area contributed by atoms with Crippen LogP contribution in [-0.2, 0) is 16.0 Å². The molecule has 0 bridgehead atoms. The number of para-hydroxylation sites is 1. The van der Waals surface area contributed by atoms with Crippen molar-refractivity contribution in [1.29, 1.82) is 0 Å². The molecule has 0 spiro atoms. The molecule has 1 aromatic carbocycles. The third kappa shape index (κ3) is 4.31. The van der Waals surface area contributed by atoms with E-state index in [0.29, 0.717) is 25.2 Å². The molecular weight excluding hydrogens is 511 g/mol. The van der Waals surface area contributed by atoms with E-state index < -0.39 is 21.7 Å². The molecule has 0 N–H and O–H groups in total. The molecule has 3 aliphatic rings. The van der Waals surface area contributed by atoms with E-state index >= 15 is 0 Å². The molecule has 4 atom stereocenters. The third-order valence-corrected chi connectivity index (χ3v) is 11.0. The second kappa shape index (κ2) is 8.54. The van der Waals surface area contributed by atoms with Crippen LogP contribution in [0.2, 0.25) is 0 Å². The lowest BCUT2D eigenvalue weighted by Crippen LogP contribution is -2.39. The Morgan fingerprint density at radius 1 is 1.08 bits per heavy atom. The van der Waals surface area contributed by atoms with Gasteiger partial charge in [-0.25, -0.2) is 18.4 Å². The minimum Gasteiger partial charge on any atom is -0.356 e. The van der Waals surface area contributed by atoms with Crippen molar-refractivity contribution < 1.29 is 21.6 Å². The summed E-state index contributed by atoms with van der Waals surface area (Å²) in [5.74, 6) is 0.646. The SMILES string of the molecule is CC1CCCCN1c1nc(N2C[C@@H]3C(CS(=O)(=O)c4nc5ccccc5s4)[C@@H]3C2)cc(C(F)(F)F)n1. The van der Waals surface area contributed by atoms with Crippen molar-refractivity contribution in [2.45, 2.75) is 42.7 Å². The molecule has 0 amide bonds. The quantitative estimate of drug-likeness (QED) is 0.469. The van der Waals surface area contributed by atoms with Crippen molar-refractivity contribution >= 4 is 43.2 Å². The van der Waals surface area contributed by atoms with Gasteiger partial charge in [-0.1, -0.05) is 12.1 Å². The molecule has 7 nitrogen and oxygen atoms in total. The Morgan fingerprint density at radius 2 is 1.83 bits per heavy atom. The number of halogens is 3. The predicted octanol–water partition coefficient (Wildman–Crippen LogP) is 4.64. The lowest BCUT2D eigenvalue weighted by molar-refractivity contribution is -0.141. The maximum absolute atomic E-state index is 13.7. The van der Waals surface area contributed by atoms with Gasteiger partial charge in [0.15, 0.2) is 5.69 Å². The molecule has 12 heteroatoms. The molecule has 192 valence electrons. The van der Waals surface area contributed by atoms with E-state index in [-0.39, 0.29) is 45.7 Å². The van der Waals surface area contributed by atoms with Crippen LogP contribution >= 0.6 is 11.3 Å². The molecule has 3 aromatic rings. The fraction of sp³-hybridized carbons (Fsp3) is 0.542. The summed E-state index contributed by atoms with van der Waals surface area (Å²) in [4.78, 5) is 16.4. The minimum atomic E-state index is -4.57. The Labute approximate surface area is 211 Å². The van der Waals surface area contributed by atoms with Crippen molar-refractivity contribution in [3.05, 3.63) is 36.0 Å². The monoisotopic (exact) mass is 537 g/mol. The van der Waals surface area contributed by atoms with Gasteiger partial charge in [-0.2, -0.15) is 18.2 Å². The summed E-state index contributed by atoms with van der Waals surface area (Å²) >= 11 is 1.18. The first-order chi connectivity index (χ1) is 17.1. The third-order valence-electron chi connectivity index (χ3n) is 7.70. The van der Waals surface area contributed by atoms with Gasteiger partial charge in [0.25, 0.3) is 0 Å². The van der Waals surface area contributed by atoms with Crippen LogP contribution in [0.25, 0.3) is 10.2 Å². The van der Waals surface area contributed by atoms with Gasteiger partial charge < -0.3 is 9.80 Å². The second-order valence-electron chi connectivity index (χ2n) is 10.1. The number of benzene rings is 1. The second-order valence-corrected chi connectivity index (χ2v) is 13.3. The smallest absolute Gasteiger partial charge is 0.356 e. The number of thiazole rings is 1. The standard InChI is InChI=1S/C24H26F3N5O2S2/c1-14-6-4-5-9-32(14)22-29-20(24(25,26)27)10-21(30-22)31-11-15-16(12-31)17(15)13-36(33,34)23-28-18-7-2-3-8-19(18)35-23/h2-3,7-8,10,14-17H,4-6,9,11-13H2,1H3/t14?,15-,16+,17?. The van der Waals surface area contributed by atoms with Crippen molar-refractivity contribution in [2.24, 2.45) is 17.8 Å². The molecule has 1 aliphatic carbocycles. The summed E-state index contributed by atoms with van der Waals surface area (Å²) in [5.41, 5.74) is -0.262. The maximum Gasteiger partial charge on any atom is 0.433 e. The molecule has 1 saturated carbocycles. The van der Waals surface area contributed by atoms with Gasteiger partial charge in [-0.15, -0.1) is 11.3 Å². The number of alkyl halides is 3. The summed E-state index contributed by atoms with van der Waals surface area (Å²) in [6.07, 6.45) is -1.73. The first-order valence-electron chi connectivity index (χ1n) is 12.2. The van der Waals surface area contributed by atoms with Crippen LogP contribution in [0.5, 0.6) is 0 Å². The number of nitrogens with zero attached hydrogens (tertiary/aromatic N) is 5. The van der Waals surface area contributed by atoms with Gasteiger partial charge in [-0.3, -0.25) is 0 Å². The highest BCUT2D eigenvalue weighted by molar-refractivity contribution is 7.93. The summed E-state index contributed by atoms with van der Waals surface area (Å²) < 4.78 is 68.0. The molecule has 2 saturated heterocycles. The van der Waals surface area contributed by atoms with Gasteiger partial charge in [0, 0.05) is 31.7 Å². The molecule has 0 radical (unpaired) electrons. The Kier molecular flexibility index (Phi) is 5.67. The van der Waals surface area contributed by atoms with E-state index in [4.69, 9.17) is 0 Å². The van der Waals surface area contributed by atoms with Crippen LogP contribution in [0, 0.1) is 17.8 Å². The lowest BCUT2D eigenvalue weighted by atomic mass is 10.0. The Balaban J connectivity index is 1.19. The van der Waals surface area contributed by atoms with Gasteiger partial charge >= 0.3 is 6.18 Å². The topological polar surface area (TPSA) is 79.3 Å². The molecule has 2 unspecified atom stereocenters. The van der Waals surface area contributed by atoms with Gasteiger partial charge in [0.1, 0.15) is 5.82 Å². The number of fused-ring (bicyclic) bond motifs is 2. The zero-order valence-corrected chi connectivity index (χ0v) is 21.3. The zero-order valence-electron chi connectivity index (χ0n) is 19.6. The van der Waals surface area contributed by atoms with Crippen LogP contribution in [-0.4, -0.2) is 54.8 Å². The molecular formula is C24H26F3N5O2S2. The summed E-state index contributed by atoms with van der Waals surface area (Å²) in [7, 11) is -3.53. The largest absolute Gasteiger partial charge is 0.433 e. The predicted molar refractivity (Wildman–Crippen MR) is 132 cm³/mol. The van der Waals surface area contributed by atoms with Crippen LogP contribution in [0.3, 0.4) is 0 Å². The van der Waals surface area contributed by atoms with Crippen molar-refractivity contribution in [1.82, 2.24) is 15.0 Å². The molecule has 36 heavy (non-hydrogen) atoms. The van der Waals surface area contributed by atoms with Crippen molar-refractivity contribution in [2.75, 3.05) is 35.2 Å². The molecule has 3 fully saturated rings. The average Bonchev–Trinajstić information content (AvgIpc) is 3.21. The first kappa shape index (κ1) is 23.9. The number of rotatable bonds is 5. The van der Waals surface area contributed by atoms with E-state index in [2.05, 4.69) is 15.0 Å². The number of piperidine rings is 2. The fourth-order valence-electron chi connectivity index (χ4n) is 5.65. The van der Waals surface area contributed by atoms with E-state index in [1.807, 2.05) is 34.9 Å². The number of hydrogen-bond donors (Lipinski definition) is 0. The van der Waals surface area contributed by atoms with E-state index in [0.717, 1.165) is 30.0 Å². The van der Waals surface area contributed by atoms with Gasteiger partial charge in [-0.05, 0) is 56.1 Å². The lowest BCUT2D eigenvalue weighted by Gasteiger charge is -2.34. The van der Waals surface area contributed by atoms with E-state index in [9.17, 15) is 21.6 Å². The van der Waals surface area contributed by atoms with Gasteiger partial charge in [0.2, 0.25) is 20.1 Å². The molecule has 2 aliphatic heterocycles. The summed E-state index contributed by atoms with van der Waals surface area (Å²) in [5, 5.41) is 0. The summed E-state index contributed by atoms with van der Waals surface area (Å²) in [6, 6.07) is 8.43. The Bertz CT molecular complexity index is 1370. The fourth-order valence-corrected chi connectivity index (χ4v) is 8.70. The minimum absolute atomic E-state index is 0.0104. The summed E-state index contributed by atoms with van der Waals surface area (Å²) in [6.45, 7) is 3.62. The molecule has 6 rings (SSSR count). The zero-order chi connectivity index (χ0) is 25.2. The van der Waals surface area contributed by atoms with E-state index in [1.165, 1.54) is 11.3 Å². The first-order valence-corrected chi connectivity index (χ1v) is 14.6. The molecule has 4 heterocycles. The van der Waals surface area contributed by atoms with Gasteiger partial charge in [0.05, 0.1) is 16.0 Å². The maximum atomic E-state index is 13.7.